The van der Waals surface area contributed by atoms with Crippen LogP contribution in [-0.2, 0) is 12.6 Å². The molecule has 0 amide bonds. The molecule has 0 unspecified atom stereocenters. The molecule has 14 heavy (non-hydrogen) atoms. The molecule has 1 aromatic carbocycles. The van der Waals surface area contributed by atoms with Gasteiger partial charge < -0.3 is 17.6 Å². The average Bonchev–Trinajstić information content (AvgIpc) is 2.59. The first-order valence-corrected chi connectivity index (χ1v) is 4.65. The summed E-state index contributed by atoms with van der Waals surface area (Å²) in [5, 5.41) is 1.67. The minimum absolute atomic E-state index is 0.575. The Hall–Kier alpha value is -1.68. The maximum Gasteiger partial charge on any atom is 0.114 e. The normalized spacial score (nSPS) is 11.1. The van der Waals surface area contributed by atoms with Crippen molar-refractivity contribution >= 4 is 34.6 Å². The van der Waals surface area contributed by atoms with E-state index >= 15 is 0 Å². The smallest absolute Gasteiger partial charge is 0.114 e. The van der Waals surface area contributed by atoms with Gasteiger partial charge >= 0.3 is 0 Å². The summed E-state index contributed by atoms with van der Waals surface area (Å²) in [5.41, 5.74) is 2.80. The van der Waals surface area contributed by atoms with Crippen molar-refractivity contribution in [1.82, 2.24) is 15.0 Å². The van der Waals surface area contributed by atoms with Crippen molar-refractivity contribution in [1.29, 1.82) is 0 Å². The second kappa shape index (κ2) is 2.65. The van der Waals surface area contributed by atoms with Crippen LogP contribution in [0.25, 0.3) is 21.9 Å². The van der Waals surface area contributed by atoms with E-state index in [0.29, 0.717) is 5.03 Å². The van der Waals surface area contributed by atoms with Crippen LogP contribution in [0, 0.1) is 0 Å². The molecule has 0 aliphatic rings. The summed E-state index contributed by atoms with van der Waals surface area (Å²) in [6.45, 7) is 0. The van der Waals surface area contributed by atoms with Crippen LogP contribution in [0.4, 0.5) is 0 Å². The third-order valence-corrected chi connectivity index (χ3v) is 2.56. The van der Waals surface area contributed by atoms with Crippen LogP contribution in [0.2, 0.25) is 0 Å². The molecule has 0 bridgehead atoms. The lowest BCUT2D eigenvalue weighted by Gasteiger charge is -2.02. The number of hydrogen-bond donors (Lipinski definition) is 1. The number of aromatic amines is 1. The van der Waals surface area contributed by atoms with Gasteiger partial charge in [0.25, 0.3) is 0 Å². The van der Waals surface area contributed by atoms with Gasteiger partial charge in [0.2, 0.25) is 0 Å². The van der Waals surface area contributed by atoms with Gasteiger partial charge in [-0.25, -0.2) is 4.98 Å². The highest BCUT2D eigenvalue weighted by Crippen LogP contribution is 2.23. The summed E-state index contributed by atoms with van der Waals surface area (Å²) < 4.78 is 0. The van der Waals surface area contributed by atoms with E-state index in [9.17, 15) is 0 Å². The minimum atomic E-state index is 0.575. The molecule has 4 heteroatoms. The Balaban J connectivity index is 2.63. The lowest BCUT2D eigenvalue weighted by molar-refractivity contribution is 1.10. The number of nitrogens with one attached hydrogen (secondary N) is 1. The molecule has 0 aliphatic heterocycles. The monoisotopic (exact) mass is 200 g/mol. The van der Waals surface area contributed by atoms with Crippen molar-refractivity contribution in [3.8, 4) is 0 Å². The summed E-state index contributed by atoms with van der Waals surface area (Å²) in [6.07, 6.45) is 1.50. The Bertz CT molecular complexity index is 615. The van der Waals surface area contributed by atoms with Crippen molar-refractivity contribution in [3.63, 3.8) is 0 Å². The fourth-order valence-corrected chi connectivity index (χ4v) is 1.81. The number of benzene rings is 1. The number of hydrogen-bond acceptors (Lipinski definition) is 3. The molecule has 0 saturated carbocycles. The van der Waals surface area contributed by atoms with Crippen molar-refractivity contribution in [2.45, 2.75) is 5.03 Å². The van der Waals surface area contributed by atoms with Gasteiger partial charge in [-0.1, -0.05) is 23.2 Å². The lowest BCUT2D eigenvalue weighted by atomic mass is 10.2. The lowest BCUT2D eigenvalue weighted by Crippen LogP contribution is -1.83. The molecule has 3 rings (SSSR count). The summed E-state index contributed by atoms with van der Waals surface area (Å²) in [7, 11) is 0. The van der Waals surface area contributed by atoms with Gasteiger partial charge in [-0.15, -0.1) is 0 Å². The Labute approximate surface area is 85.6 Å². The fraction of sp³-hybridized carbons (Fsp3) is 0. The number of H-pyrrole nitrogens is 1. The zero-order valence-electron chi connectivity index (χ0n) is 7.19. The zero-order valence-corrected chi connectivity index (χ0v) is 8.01. The number of rotatable bonds is 0. The molecule has 2 aromatic heterocycles. The summed E-state index contributed by atoms with van der Waals surface area (Å²) in [4.78, 5) is 11.4. The third kappa shape index (κ3) is 0.914. The van der Waals surface area contributed by atoms with Crippen molar-refractivity contribution in [2.75, 3.05) is 0 Å². The first-order chi connectivity index (χ1) is 6.86. The topological polar surface area (TPSA) is 41.6 Å². The van der Waals surface area contributed by atoms with E-state index in [2.05, 4.69) is 15.0 Å². The molecule has 68 valence electrons. The Morgan fingerprint density at radius 1 is 1.14 bits per heavy atom. The van der Waals surface area contributed by atoms with Crippen molar-refractivity contribution < 1.29 is 0 Å². The van der Waals surface area contributed by atoms with E-state index in [1.807, 2.05) is 24.3 Å². The van der Waals surface area contributed by atoms with Crippen LogP contribution < -0.4 is 0 Å². The van der Waals surface area contributed by atoms with Crippen LogP contribution in [0.15, 0.2) is 35.6 Å². The molecule has 2 heterocycles. The number of aromatic nitrogens is 3. The quantitative estimate of drug-likeness (QED) is 0.446. The van der Waals surface area contributed by atoms with E-state index in [4.69, 9.17) is 12.6 Å². The largest absolute Gasteiger partial charge is 0.758 e. The molecule has 0 spiro atoms. The fourth-order valence-electron chi connectivity index (χ4n) is 1.62. The molecule has 0 fully saturated rings. The van der Waals surface area contributed by atoms with Crippen LogP contribution in [-0.4, -0.2) is 15.0 Å². The van der Waals surface area contributed by atoms with Gasteiger partial charge in [0.15, 0.2) is 0 Å². The Morgan fingerprint density at radius 2 is 2.00 bits per heavy atom. The first-order valence-electron chi connectivity index (χ1n) is 4.25. The van der Waals surface area contributed by atoms with E-state index in [-0.39, 0.29) is 0 Å². The predicted molar refractivity (Wildman–Crippen MR) is 57.0 cm³/mol. The highest BCUT2D eigenvalue weighted by molar-refractivity contribution is 7.59. The molecule has 3 nitrogen and oxygen atoms in total. The van der Waals surface area contributed by atoms with E-state index < -0.39 is 0 Å². The highest BCUT2D eigenvalue weighted by atomic mass is 32.1. The standard InChI is InChI=1S/C10H7N3S/c14-10-9-8(11-5-12-10)6-3-1-2-4-7(6)13-9/h1-5,13H,(H,11,12,14)/p-1. The summed E-state index contributed by atoms with van der Waals surface area (Å²) in [6, 6.07) is 8.00. The van der Waals surface area contributed by atoms with Crippen LogP contribution in [0.1, 0.15) is 0 Å². The van der Waals surface area contributed by atoms with E-state index in [0.717, 1.165) is 21.9 Å². The van der Waals surface area contributed by atoms with Gasteiger partial charge in [0.1, 0.15) is 6.33 Å². The van der Waals surface area contributed by atoms with Gasteiger partial charge in [-0.3, -0.25) is 4.98 Å². The molecule has 3 aromatic rings. The average molecular weight is 200 g/mol. The van der Waals surface area contributed by atoms with Gasteiger partial charge in [-0.05, 0) is 6.07 Å². The van der Waals surface area contributed by atoms with Crippen molar-refractivity contribution in [2.24, 2.45) is 0 Å². The minimum Gasteiger partial charge on any atom is -0.758 e. The van der Waals surface area contributed by atoms with Crippen LogP contribution in [0.3, 0.4) is 0 Å². The molecule has 0 saturated heterocycles. The first kappa shape index (κ1) is 7.70. The highest BCUT2D eigenvalue weighted by Gasteiger charge is 2.03. The maximum atomic E-state index is 5.11. The second-order valence-electron chi connectivity index (χ2n) is 3.07. The maximum absolute atomic E-state index is 5.11. The third-order valence-electron chi connectivity index (χ3n) is 2.25. The van der Waals surface area contributed by atoms with E-state index in [1.54, 1.807) is 0 Å². The van der Waals surface area contributed by atoms with E-state index in [1.165, 1.54) is 6.33 Å². The summed E-state index contributed by atoms with van der Waals surface area (Å²) >= 11 is 5.11. The number of fused-ring (bicyclic) bond motifs is 3. The molecule has 0 radical (unpaired) electrons. The van der Waals surface area contributed by atoms with Gasteiger partial charge in [0.05, 0.1) is 11.0 Å². The molecular weight excluding hydrogens is 194 g/mol. The number of para-hydroxylation sites is 1. The number of nitrogens with zero attached hydrogens (tertiary/aromatic N) is 2. The van der Waals surface area contributed by atoms with Gasteiger partial charge in [-0.2, -0.15) is 0 Å². The van der Waals surface area contributed by atoms with Crippen molar-refractivity contribution in [3.05, 3.63) is 30.6 Å². The SMILES string of the molecule is [S-]c1ncnc2c1[nH]c1ccccc12. The van der Waals surface area contributed by atoms with Gasteiger partial charge in [0, 0.05) is 10.9 Å². The molecular formula is C10H6N3S-. The second-order valence-corrected chi connectivity index (χ2v) is 3.46. The van der Waals surface area contributed by atoms with Crippen LogP contribution >= 0.6 is 0 Å². The Kier molecular flexibility index (Phi) is 1.46. The van der Waals surface area contributed by atoms with Crippen LogP contribution in [0.5, 0.6) is 0 Å². The predicted octanol–water partition coefficient (Wildman–Crippen LogP) is 2.02. The summed E-state index contributed by atoms with van der Waals surface area (Å²) in [5.74, 6) is 0. The zero-order chi connectivity index (χ0) is 9.54. The molecule has 0 atom stereocenters. The molecule has 1 N–H and O–H groups in total. The molecule has 0 aliphatic carbocycles. The Morgan fingerprint density at radius 3 is 2.93 bits per heavy atom.